The van der Waals surface area contributed by atoms with Crippen molar-refractivity contribution in [2.75, 3.05) is 23.7 Å². The van der Waals surface area contributed by atoms with Crippen molar-refractivity contribution in [2.45, 2.75) is 56.6 Å². The molecule has 2 aromatic heterocycles. The van der Waals surface area contributed by atoms with Crippen molar-refractivity contribution in [1.82, 2.24) is 19.7 Å². The second-order valence-electron chi connectivity index (χ2n) is 8.04. The Morgan fingerprint density at radius 2 is 2.03 bits per heavy atom. The van der Waals surface area contributed by atoms with E-state index < -0.39 is 0 Å². The summed E-state index contributed by atoms with van der Waals surface area (Å²) in [6.07, 6.45) is 8.92. The molecule has 7 heteroatoms. The van der Waals surface area contributed by atoms with Crippen LogP contribution >= 0.6 is 11.8 Å². The largest absolute Gasteiger partial charge is 0.360 e. The number of thioether (sulfide) groups is 1. The molecule has 2 aliphatic rings. The van der Waals surface area contributed by atoms with Crippen LogP contribution in [-0.4, -0.2) is 44.4 Å². The van der Waals surface area contributed by atoms with E-state index >= 15 is 0 Å². The Morgan fingerprint density at radius 1 is 1.21 bits per heavy atom. The van der Waals surface area contributed by atoms with E-state index in [1.807, 2.05) is 18.3 Å². The highest BCUT2D eigenvalue weighted by molar-refractivity contribution is 7.99. The first-order valence-electron chi connectivity index (χ1n) is 10.7. The number of hydrogen-bond acceptors (Lipinski definition) is 5. The average molecular weight is 410 g/mol. The minimum Gasteiger partial charge on any atom is -0.360 e. The summed E-state index contributed by atoms with van der Waals surface area (Å²) in [5, 5.41) is 10.9. The highest BCUT2D eigenvalue weighted by Gasteiger charge is 2.32. The molecule has 0 bridgehead atoms. The van der Waals surface area contributed by atoms with Crippen LogP contribution < -0.4 is 4.90 Å². The molecule has 1 aliphatic carbocycles. The van der Waals surface area contributed by atoms with E-state index in [0.29, 0.717) is 11.8 Å². The minimum absolute atomic E-state index is 0.138. The Labute approximate surface area is 175 Å². The fourth-order valence-electron chi connectivity index (χ4n) is 4.28. The number of carbonyl (C=O) groups is 1. The number of benzene rings is 1. The van der Waals surface area contributed by atoms with Gasteiger partial charge in [-0.1, -0.05) is 36.9 Å². The summed E-state index contributed by atoms with van der Waals surface area (Å²) in [6.45, 7) is 4.25. The van der Waals surface area contributed by atoms with Crippen LogP contribution in [0.3, 0.4) is 0 Å². The Bertz CT molecular complexity index is 1030. The number of ketones is 1. The molecular formula is C22H27N5OS. The predicted molar refractivity (Wildman–Crippen MR) is 117 cm³/mol. The van der Waals surface area contributed by atoms with Crippen molar-refractivity contribution in [2.24, 2.45) is 0 Å². The smallest absolute Gasteiger partial charge is 0.228 e. The van der Waals surface area contributed by atoms with Crippen molar-refractivity contribution in [3.05, 3.63) is 35.5 Å². The van der Waals surface area contributed by atoms with E-state index in [0.717, 1.165) is 47.1 Å². The first kappa shape index (κ1) is 18.7. The predicted octanol–water partition coefficient (Wildman–Crippen LogP) is 4.62. The van der Waals surface area contributed by atoms with Crippen LogP contribution in [0.1, 0.15) is 61.0 Å². The summed E-state index contributed by atoms with van der Waals surface area (Å²) in [7, 11) is 0. The van der Waals surface area contributed by atoms with Gasteiger partial charge in [0, 0.05) is 41.8 Å². The van der Waals surface area contributed by atoms with Gasteiger partial charge in [-0.15, -0.1) is 10.2 Å². The highest BCUT2D eigenvalue weighted by atomic mass is 32.2. The summed E-state index contributed by atoms with van der Waals surface area (Å²) in [4.78, 5) is 18.7. The maximum atomic E-state index is 13.0. The zero-order valence-electron chi connectivity index (χ0n) is 16.9. The first-order valence-corrected chi connectivity index (χ1v) is 11.7. The van der Waals surface area contributed by atoms with Gasteiger partial charge in [0.2, 0.25) is 5.95 Å². The SMILES string of the molecule is CCc1cccc2c(C(=O)CSc3nnc(N4CCCCC4)n3C3CC3)c[nH]c12. The van der Waals surface area contributed by atoms with Crippen LogP contribution in [0.15, 0.2) is 29.6 Å². The number of anilines is 1. The van der Waals surface area contributed by atoms with Crippen LogP contribution in [0.4, 0.5) is 5.95 Å². The second-order valence-corrected chi connectivity index (χ2v) is 8.98. The van der Waals surface area contributed by atoms with Crippen molar-refractivity contribution in [3.63, 3.8) is 0 Å². The maximum absolute atomic E-state index is 13.0. The number of carbonyl (C=O) groups excluding carboxylic acids is 1. The van der Waals surface area contributed by atoms with Crippen LogP contribution in [0.2, 0.25) is 0 Å². The third-order valence-corrected chi connectivity index (χ3v) is 6.96. The molecule has 1 saturated heterocycles. The number of piperidine rings is 1. The molecule has 1 aromatic carbocycles. The van der Waals surface area contributed by atoms with Crippen molar-refractivity contribution < 1.29 is 4.79 Å². The Balaban J connectivity index is 1.35. The van der Waals surface area contributed by atoms with E-state index in [9.17, 15) is 4.79 Å². The lowest BCUT2D eigenvalue weighted by molar-refractivity contribution is 0.102. The standard InChI is InChI=1S/C22H27N5OS/c1-2-15-7-6-8-17-18(13-23-20(15)17)19(28)14-29-22-25-24-21(27(22)16-9-10-16)26-11-4-3-5-12-26/h6-8,13,16,23H,2-5,9-12,14H2,1H3. The Morgan fingerprint density at radius 3 is 2.79 bits per heavy atom. The van der Waals surface area contributed by atoms with E-state index in [2.05, 4.69) is 37.6 Å². The number of hydrogen-bond donors (Lipinski definition) is 1. The van der Waals surface area contributed by atoms with Gasteiger partial charge in [-0.05, 0) is 44.1 Å². The molecule has 5 rings (SSSR count). The quantitative estimate of drug-likeness (QED) is 0.455. The lowest BCUT2D eigenvalue weighted by atomic mass is 10.1. The maximum Gasteiger partial charge on any atom is 0.228 e. The van der Waals surface area contributed by atoms with Crippen LogP contribution in [0.25, 0.3) is 10.9 Å². The molecule has 1 aliphatic heterocycles. The number of nitrogens with zero attached hydrogens (tertiary/aromatic N) is 4. The van der Waals surface area contributed by atoms with E-state index in [4.69, 9.17) is 0 Å². The normalized spacial score (nSPS) is 17.2. The number of fused-ring (bicyclic) bond motifs is 1. The molecule has 0 amide bonds. The number of rotatable bonds is 7. The minimum atomic E-state index is 0.138. The Hall–Kier alpha value is -2.28. The zero-order chi connectivity index (χ0) is 19.8. The fourth-order valence-corrected chi connectivity index (χ4v) is 5.16. The third kappa shape index (κ3) is 3.56. The zero-order valence-corrected chi connectivity index (χ0v) is 17.7. The summed E-state index contributed by atoms with van der Waals surface area (Å²) in [5.41, 5.74) is 3.10. The summed E-state index contributed by atoms with van der Waals surface area (Å²) in [5.74, 6) is 1.52. The molecule has 3 aromatic rings. The van der Waals surface area contributed by atoms with Gasteiger partial charge in [-0.25, -0.2) is 0 Å². The summed E-state index contributed by atoms with van der Waals surface area (Å²) in [6, 6.07) is 6.68. The number of Topliss-reactive ketones (excluding diaryl/α,β-unsaturated/α-hetero) is 1. The lowest BCUT2D eigenvalue weighted by Gasteiger charge is -2.27. The van der Waals surface area contributed by atoms with Crippen molar-refractivity contribution in [1.29, 1.82) is 0 Å². The number of nitrogens with one attached hydrogen (secondary N) is 1. The fraction of sp³-hybridized carbons (Fsp3) is 0.500. The molecule has 0 unspecified atom stereocenters. The van der Waals surface area contributed by atoms with Crippen molar-refractivity contribution in [3.8, 4) is 0 Å². The molecular weight excluding hydrogens is 382 g/mol. The van der Waals surface area contributed by atoms with E-state index in [1.165, 1.54) is 49.4 Å². The van der Waals surface area contributed by atoms with Crippen LogP contribution in [0, 0.1) is 0 Å². The monoisotopic (exact) mass is 409 g/mol. The molecule has 0 atom stereocenters. The highest BCUT2D eigenvalue weighted by Crippen LogP contribution is 2.41. The van der Waals surface area contributed by atoms with Gasteiger partial charge in [-0.3, -0.25) is 9.36 Å². The number of aryl methyl sites for hydroxylation is 1. The van der Waals surface area contributed by atoms with Gasteiger partial charge in [0.15, 0.2) is 10.9 Å². The first-order chi connectivity index (χ1) is 14.3. The number of aromatic nitrogens is 4. The summed E-state index contributed by atoms with van der Waals surface area (Å²) < 4.78 is 2.29. The van der Waals surface area contributed by atoms with Crippen LogP contribution in [0.5, 0.6) is 0 Å². The molecule has 1 N–H and O–H groups in total. The second kappa shape index (κ2) is 7.86. The van der Waals surface area contributed by atoms with Gasteiger partial charge < -0.3 is 9.88 Å². The Kier molecular flexibility index (Phi) is 5.08. The van der Waals surface area contributed by atoms with Gasteiger partial charge in [0.05, 0.1) is 5.75 Å². The van der Waals surface area contributed by atoms with Crippen molar-refractivity contribution >= 4 is 34.4 Å². The van der Waals surface area contributed by atoms with E-state index in [-0.39, 0.29) is 5.78 Å². The molecule has 0 spiro atoms. The summed E-state index contributed by atoms with van der Waals surface area (Å²) >= 11 is 1.52. The molecule has 2 fully saturated rings. The van der Waals surface area contributed by atoms with Gasteiger partial charge in [0.1, 0.15) is 0 Å². The molecule has 0 radical (unpaired) electrons. The van der Waals surface area contributed by atoms with Crippen LogP contribution in [-0.2, 0) is 6.42 Å². The number of aromatic amines is 1. The lowest BCUT2D eigenvalue weighted by Crippen LogP contribution is -2.31. The number of para-hydroxylation sites is 1. The molecule has 152 valence electrons. The molecule has 1 saturated carbocycles. The number of H-pyrrole nitrogens is 1. The average Bonchev–Trinajstić information content (AvgIpc) is 3.36. The van der Waals surface area contributed by atoms with Gasteiger partial charge >= 0.3 is 0 Å². The van der Waals surface area contributed by atoms with Gasteiger partial charge in [-0.2, -0.15) is 0 Å². The van der Waals surface area contributed by atoms with Gasteiger partial charge in [0.25, 0.3) is 0 Å². The molecule has 6 nitrogen and oxygen atoms in total. The third-order valence-electron chi connectivity index (χ3n) is 6.01. The molecule has 3 heterocycles. The van der Waals surface area contributed by atoms with E-state index in [1.54, 1.807) is 0 Å². The topological polar surface area (TPSA) is 66.8 Å². The molecule has 29 heavy (non-hydrogen) atoms.